The molecule has 0 radical (unpaired) electrons. The standard InChI is InChI=1S/C10H18N4O/c1-8(2)3-13-5-10(6-13)14-4-9(7-15)11-12-14/h4,8,10,15H,3,5-7H2,1-2H3. The minimum atomic E-state index is -0.0254. The summed E-state index contributed by atoms with van der Waals surface area (Å²) in [7, 11) is 0. The molecule has 1 aliphatic rings. The van der Waals surface area contributed by atoms with Gasteiger partial charge in [0.25, 0.3) is 0 Å². The number of aliphatic hydroxyl groups is 1. The number of hydrogen-bond acceptors (Lipinski definition) is 4. The van der Waals surface area contributed by atoms with Crippen molar-refractivity contribution >= 4 is 0 Å². The Labute approximate surface area is 89.7 Å². The maximum Gasteiger partial charge on any atom is 0.108 e. The van der Waals surface area contributed by atoms with Crippen LogP contribution in [0, 0.1) is 5.92 Å². The molecule has 1 aliphatic heterocycles. The second-order valence-electron chi connectivity index (χ2n) is 4.61. The van der Waals surface area contributed by atoms with Gasteiger partial charge in [0.1, 0.15) is 5.69 Å². The van der Waals surface area contributed by atoms with E-state index in [-0.39, 0.29) is 6.61 Å². The maximum absolute atomic E-state index is 8.87. The molecule has 0 spiro atoms. The Morgan fingerprint density at radius 2 is 2.27 bits per heavy atom. The van der Waals surface area contributed by atoms with Gasteiger partial charge in [-0.05, 0) is 5.92 Å². The summed E-state index contributed by atoms with van der Waals surface area (Å²) in [5, 5.41) is 16.7. The predicted molar refractivity (Wildman–Crippen MR) is 56.3 cm³/mol. The van der Waals surface area contributed by atoms with Gasteiger partial charge in [-0.1, -0.05) is 19.1 Å². The molecule has 5 heteroatoms. The normalized spacial score (nSPS) is 18.4. The molecule has 0 unspecified atom stereocenters. The van der Waals surface area contributed by atoms with E-state index in [0.717, 1.165) is 25.6 Å². The van der Waals surface area contributed by atoms with Crippen molar-refractivity contribution in [2.75, 3.05) is 19.6 Å². The molecule has 0 atom stereocenters. The summed E-state index contributed by atoms with van der Waals surface area (Å²) in [6, 6.07) is 0.441. The lowest BCUT2D eigenvalue weighted by molar-refractivity contribution is 0.0847. The van der Waals surface area contributed by atoms with Crippen molar-refractivity contribution in [3.8, 4) is 0 Å². The predicted octanol–water partition coefficient (Wildman–Crippen LogP) is 0.283. The smallest absolute Gasteiger partial charge is 0.108 e. The van der Waals surface area contributed by atoms with Crippen molar-refractivity contribution in [3.63, 3.8) is 0 Å². The quantitative estimate of drug-likeness (QED) is 0.775. The van der Waals surface area contributed by atoms with Crippen LogP contribution in [-0.2, 0) is 6.61 Å². The minimum absolute atomic E-state index is 0.0254. The first-order valence-electron chi connectivity index (χ1n) is 5.43. The van der Waals surface area contributed by atoms with E-state index in [9.17, 15) is 0 Å². The van der Waals surface area contributed by atoms with Gasteiger partial charge >= 0.3 is 0 Å². The molecule has 84 valence electrons. The van der Waals surface area contributed by atoms with Crippen LogP contribution in [0.25, 0.3) is 0 Å². The van der Waals surface area contributed by atoms with Crippen molar-refractivity contribution in [2.24, 2.45) is 5.92 Å². The number of aliphatic hydroxyl groups excluding tert-OH is 1. The van der Waals surface area contributed by atoms with Gasteiger partial charge in [0.05, 0.1) is 18.8 Å². The van der Waals surface area contributed by atoms with Gasteiger partial charge in [-0.3, -0.25) is 4.90 Å². The zero-order valence-electron chi connectivity index (χ0n) is 9.30. The minimum Gasteiger partial charge on any atom is -0.390 e. The Balaban J connectivity index is 1.83. The van der Waals surface area contributed by atoms with Gasteiger partial charge < -0.3 is 5.11 Å². The van der Waals surface area contributed by atoms with E-state index in [0.29, 0.717) is 11.7 Å². The van der Waals surface area contributed by atoms with Gasteiger partial charge in [0.15, 0.2) is 0 Å². The molecular formula is C10H18N4O. The van der Waals surface area contributed by atoms with E-state index in [2.05, 4.69) is 29.1 Å². The maximum atomic E-state index is 8.87. The monoisotopic (exact) mass is 210 g/mol. The second kappa shape index (κ2) is 4.28. The van der Waals surface area contributed by atoms with Crippen LogP contribution in [0.3, 0.4) is 0 Å². The van der Waals surface area contributed by atoms with Crippen molar-refractivity contribution < 1.29 is 5.11 Å². The van der Waals surface area contributed by atoms with Gasteiger partial charge in [-0.15, -0.1) is 5.10 Å². The largest absolute Gasteiger partial charge is 0.390 e. The molecule has 0 saturated carbocycles. The summed E-state index contributed by atoms with van der Waals surface area (Å²) >= 11 is 0. The molecule has 1 fully saturated rings. The fraction of sp³-hybridized carbons (Fsp3) is 0.800. The van der Waals surface area contributed by atoms with E-state index in [1.807, 2.05) is 10.9 Å². The number of nitrogens with zero attached hydrogens (tertiary/aromatic N) is 4. The lowest BCUT2D eigenvalue weighted by Crippen LogP contribution is -2.49. The first-order valence-corrected chi connectivity index (χ1v) is 5.43. The van der Waals surface area contributed by atoms with Crippen LogP contribution < -0.4 is 0 Å². The first-order chi connectivity index (χ1) is 7.19. The fourth-order valence-electron chi connectivity index (χ4n) is 1.94. The van der Waals surface area contributed by atoms with Crippen molar-refractivity contribution in [3.05, 3.63) is 11.9 Å². The van der Waals surface area contributed by atoms with Gasteiger partial charge in [0.2, 0.25) is 0 Å². The molecule has 5 nitrogen and oxygen atoms in total. The molecule has 0 aliphatic carbocycles. The number of hydrogen-bond donors (Lipinski definition) is 1. The van der Waals surface area contributed by atoms with Crippen LogP contribution in [0.1, 0.15) is 25.6 Å². The molecule has 1 N–H and O–H groups in total. The number of likely N-dealkylation sites (tertiary alicyclic amines) is 1. The third-order valence-corrected chi connectivity index (χ3v) is 2.66. The van der Waals surface area contributed by atoms with Gasteiger partial charge in [0, 0.05) is 19.6 Å². The van der Waals surface area contributed by atoms with Crippen LogP contribution in [0.4, 0.5) is 0 Å². The topological polar surface area (TPSA) is 54.2 Å². The van der Waals surface area contributed by atoms with Crippen LogP contribution in [0.2, 0.25) is 0 Å². The van der Waals surface area contributed by atoms with Crippen molar-refractivity contribution in [2.45, 2.75) is 26.5 Å². The molecule has 15 heavy (non-hydrogen) atoms. The molecule has 1 aromatic heterocycles. The molecule has 1 saturated heterocycles. The highest BCUT2D eigenvalue weighted by Crippen LogP contribution is 2.21. The van der Waals surface area contributed by atoms with Crippen molar-refractivity contribution in [1.29, 1.82) is 0 Å². The highest BCUT2D eigenvalue weighted by molar-refractivity contribution is 4.94. The summed E-state index contributed by atoms with van der Waals surface area (Å²) in [6.07, 6.45) is 1.83. The second-order valence-corrected chi connectivity index (χ2v) is 4.61. The summed E-state index contributed by atoms with van der Waals surface area (Å²) in [5.74, 6) is 0.717. The molecule has 2 heterocycles. The Bertz CT molecular complexity index is 317. The molecule has 0 bridgehead atoms. The highest BCUT2D eigenvalue weighted by atomic mass is 16.3. The lowest BCUT2D eigenvalue weighted by atomic mass is 10.1. The van der Waals surface area contributed by atoms with Gasteiger partial charge in [-0.2, -0.15) is 0 Å². The Hall–Kier alpha value is -0.940. The fourth-order valence-corrected chi connectivity index (χ4v) is 1.94. The SMILES string of the molecule is CC(C)CN1CC(n2cc(CO)nn2)C1. The first kappa shape index (κ1) is 10.6. The average Bonchev–Trinajstić information content (AvgIpc) is 2.58. The summed E-state index contributed by atoms with van der Waals surface area (Å²) in [5.41, 5.74) is 0.650. The van der Waals surface area contributed by atoms with Crippen LogP contribution in [-0.4, -0.2) is 44.6 Å². The zero-order chi connectivity index (χ0) is 10.8. The Morgan fingerprint density at radius 1 is 1.53 bits per heavy atom. The van der Waals surface area contributed by atoms with Crippen molar-refractivity contribution in [1.82, 2.24) is 19.9 Å². The average molecular weight is 210 g/mol. The third-order valence-electron chi connectivity index (χ3n) is 2.66. The highest BCUT2D eigenvalue weighted by Gasteiger charge is 2.29. The van der Waals surface area contributed by atoms with E-state index >= 15 is 0 Å². The molecule has 2 rings (SSSR count). The zero-order valence-corrected chi connectivity index (χ0v) is 9.30. The molecule has 1 aromatic rings. The van der Waals surface area contributed by atoms with Crippen LogP contribution in [0.5, 0.6) is 0 Å². The number of aromatic nitrogens is 3. The lowest BCUT2D eigenvalue weighted by Gasteiger charge is -2.39. The number of rotatable bonds is 4. The molecule has 0 aromatic carbocycles. The van der Waals surface area contributed by atoms with Crippen LogP contribution in [0.15, 0.2) is 6.20 Å². The summed E-state index contributed by atoms with van der Waals surface area (Å²) in [4.78, 5) is 2.41. The van der Waals surface area contributed by atoms with E-state index in [1.165, 1.54) is 0 Å². The van der Waals surface area contributed by atoms with Gasteiger partial charge in [-0.25, -0.2) is 4.68 Å². The van der Waals surface area contributed by atoms with E-state index in [1.54, 1.807) is 0 Å². The third kappa shape index (κ3) is 2.35. The molecule has 0 amide bonds. The summed E-state index contributed by atoms with van der Waals surface area (Å²) < 4.78 is 1.86. The van der Waals surface area contributed by atoms with Crippen LogP contribution >= 0.6 is 0 Å². The van der Waals surface area contributed by atoms with E-state index < -0.39 is 0 Å². The Morgan fingerprint density at radius 3 is 2.80 bits per heavy atom. The molecular weight excluding hydrogens is 192 g/mol. The summed E-state index contributed by atoms with van der Waals surface area (Å²) in [6.45, 7) is 7.68. The van der Waals surface area contributed by atoms with E-state index in [4.69, 9.17) is 5.11 Å². The Kier molecular flexibility index (Phi) is 3.02.